The summed E-state index contributed by atoms with van der Waals surface area (Å²) >= 11 is 1.74. The molecule has 0 unspecified atom stereocenters. The Balaban J connectivity index is 2.05. The Kier molecular flexibility index (Phi) is 4.06. The summed E-state index contributed by atoms with van der Waals surface area (Å²) < 4.78 is 2.28. The van der Waals surface area contributed by atoms with Crippen LogP contribution < -0.4 is 5.73 Å². The number of aromatic nitrogens is 1. The lowest BCUT2D eigenvalue weighted by molar-refractivity contribution is 0.100. The highest BCUT2D eigenvalue weighted by molar-refractivity contribution is 7.09. The molecule has 1 amide bonds. The number of nitrogens with zero attached hydrogens (tertiary/aromatic N) is 1. The molecule has 0 bridgehead atoms. The van der Waals surface area contributed by atoms with E-state index in [1.807, 2.05) is 12.1 Å². The minimum atomic E-state index is -0.396. The van der Waals surface area contributed by atoms with Crippen LogP contribution in [0.3, 0.4) is 0 Å². The minimum absolute atomic E-state index is 0.396. The molecule has 1 radical (unpaired) electrons. The third-order valence-electron chi connectivity index (χ3n) is 4.55. The van der Waals surface area contributed by atoms with E-state index in [1.165, 1.54) is 10.4 Å². The van der Waals surface area contributed by atoms with Crippen molar-refractivity contribution < 1.29 is 4.79 Å². The van der Waals surface area contributed by atoms with Crippen LogP contribution in [0.2, 0.25) is 0 Å². The third kappa shape index (κ3) is 2.72. The lowest BCUT2D eigenvalue weighted by Crippen LogP contribution is -2.11. The monoisotopic (exact) mass is 347 g/mol. The van der Waals surface area contributed by atoms with Crippen molar-refractivity contribution in [3.05, 3.63) is 69.9 Å². The van der Waals surface area contributed by atoms with Gasteiger partial charge in [0.15, 0.2) is 0 Å². The Hall–Kier alpha value is -2.59. The predicted octanol–water partition coefficient (Wildman–Crippen LogP) is 4.76. The molecule has 4 rings (SSSR count). The van der Waals surface area contributed by atoms with E-state index in [1.54, 1.807) is 17.4 Å². The Labute approximate surface area is 150 Å². The van der Waals surface area contributed by atoms with Crippen molar-refractivity contribution in [2.75, 3.05) is 0 Å². The summed E-state index contributed by atoms with van der Waals surface area (Å²) in [5.41, 5.74) is 9.61. The Morgan fingerprint density at radius 1 is 1.24 bits per heavy atom. The van der Waals surface area contributed by atoms with Gasteiger partial charge >= 0.3 is 0 Å². The highest BCUT2D eigenvalue weighted by Gasteiger charge is 2.17. The molecule has 4 aromatic rings. The first kappa shape index (κ1) is 15.9. The number of fused-ring (bicyclic) bond motifs is 3. The van der Waals surface area contributed by atoms with E-state index >= 15 is 0 Å². The number of primary amides is 1. The lowest BCUT2D eigenvalue weighted by atomic mass is 10.0. The van der Waals surface area contributed by atoms with Crippen LogP contribution in [0, 0.1) is 6.07 Å². The largest absolute Gasteiger partial charge is 0.366 e. The number of hydrogen-bond donors (Lipinski definition) is 1. The van der Waals surface area contributed by atoms with Crippen molar-refractivity contribution in [2.24, 2.45) is 5.73 Å². The average molecular weight is 347 g/mol. The van der Waals surface area contributed by atoms with Crippen LogP contribution in [0.1, 0.15) is 34.1 Å². The molecule has 0 aliphatic carbocycles. The highest BCUT2D eigenvalue weighted by atomic mass is 32.1. The molecule has 0 aliphatic heterocycles. The summed E-state index contributed by atoms with van der Waals surface area (Å²) in [5, 5.41) is 3.97. The molecule has 0 fully saturated rings. The number of hydrogen-bond acceptors (Lipinski definition) is 2. The number of amides is 1. The summed E-state index contributed by atoms with van der Waals surface area (Å²) in [6, 6.07) is 17.7. The van der Waals surface area contributed by atoms with Crippen LogP contribution in [0.15, 0.2) is 47.8 Å². The molecule has 3 nitrogen and oxygen atoms in total. The maximum absolute atomic E-state index is 12.0. The van der Waals surface area contributed by atoms with Gasteiger partial charge in [0.25, 0.3) is 0 Å². The maximum Gasteiger partial charge on any atom is 0.249 e. The van der Waals surface area contributed by atoms with Crippen LogP contribution in [0.4, 0.5) is 0 Å². The van der Waals surface area contributed by atoms with Crippen molar-refractivity contribution >= 4 is 39.0 Å². The molecule has 25 heavy (non-hydrogen) atoms. The number of carbonyl (C=O) groups is 1. The van der Waals surface area contributed by atoms with E-state index < -0.39 is 5.91 Å². The molecule has 125 valence electrons. The second-order valence-electron chi connectivity index (χ2n) is 6.25. The summed E-state index contributed by atoms with van der Waals surface area (Å²) in [4.78, 5) is 13.2. The van der Waals surface area contributed by atoms with E-state index in [0.717, 1.165) is 41.2 Å². The van der Waals surface area contributed by atoms with E-state index in [0.29, 0.717) is 5.56 Å². The topological polar surface area (TPSA) is 48.0 Å². The zero-order valence-electron chi connectivity index (χ0n) is 14.1. The zero-order chi connectivity index (χ0) is 17.4. The summed E-state index contributed by atoms with van der Waals surface area (Å²) in [6.07, 6.45) is 2.12. The molecular weight excluding hydrogens is 328 g/mol. The molecule has 4 heteroatoms. The van der Waals surface area contributed by atoms with E-state index in [-0.39, 0.29) is 0 Å². The van der Waals surface area contributed by atoms with Gasteiger partial charge in [-0.1, -0.05) is 31.5 Å². The molecule has 0 atom stereocenters. The fourth-order valence-electron chi connectivity index (χ4n) is 3.47. The van der Waals surface area contributed by atoms with Crippen LogP contribution in [-0.2, 0) is 13.0 Å². The summed E-state index contributed by atoms with van der Waals surface area (Å²) in [5.74, 6) is -0.396. The van der Waals surface area contributed by atoms with Crippen molar-refractivity contribution in [3.63, 3.8) is 0 Å². The van der Waals surface area contributed by atoms with Crippen molar-refractivity contribution in [2.45, 2.75) is 26.3 Å². The fraction of sp³-hybridized carbons (Fsp3) is 0.190. The van der Waals surface area contributed by atoms with E-state index in [2.05, 4.69) is 47.2 Å². The van der Waals surface area contributed by atoms with Crippen LogP contribution in [-0.4, -0.2) is 10.5 Å². The SMILES string of the molecule is CCCc1c[c]c2c3c(C(N)=O)cccc3n(Cc3cccs3)c2c1. The molecule has 2 N–H and O–H groups in total. The number of thiophene rings is 1. The normalized spacial score (nSPS) is 11.4. The average Bonchev–Trinajstić information content (AvgIpc) is 3.22. The van der Waals surface area contributed by atoms with Gasteiger partial charge in [-0.05, 0) is 47.7 Å². The first-order chi connectivity index (χ1) is 12.2. The standard InChI is InChI=1S/C21H19N2OS/c1-2-5-14-9-10-16-19(12-14)23(13-15-6-4-11-25-15)18-8-3-7-17(20(16)18)21(22)24/h3-4,6-9,11-12H,2,5,13H2,1H3,(H2,22,24). The highest BCUT2D eigenvalue weighted by Crippen LogP contribution is 2.33. The molecule has 2 aromatic heterocycles. The number of rotatable bonds is 5. The van der Waals surface area contributed by atoms with Crippen molar-refractivity contribution in [1.82, 2.24) is 4.57 Å². The quantitative estimate of drug-likeness (QED) is 0.556. The summed E-state index contributed by atoms with van der Waals surface area (Å²) in [6.45, 7) is 2.96. The Morgan fingerprint density at radius 3 is 2.84 bits per heavy atom. The Morgan fingerprint density at radius 2 is 2.12 bits per heavy atom. The molecule has 0 saturated carbocycles. The fourth-order valence-corrected chi connectivity index (χ4v) is 4.16. The van der Waals surface area contributed by atoms with Gasteiger partial charge in [0.1, 0.15) is 0 Å². The lowest BCUT2D eigenvalue weighted by Gasteiger charge is -2.07. The molecule has 0 saturated heterocycles. The van der Waals surface area contributed by atoms with Gasteiger partial charge in [0.05, 0.1) is 17.6 Å². The van der Waals surface area contributed by atoms with Crippen LogP contribution in [0.5, 0.6) is 0 Å². The number of aryl methyl sites for hydroxylation is 1. The number of benzene rings is 2. The molecule has 2 aromatic carbocycles. The number of nitrogens with two attached hydrogens (primary N) is 1. The molecule has 2 heterocycles. The molecular formula is C21H19N2OS. The smallest absolute Gasteiger partial charge is 0.249 e. The van der Waals surface area contributed by atoms with Gasteiger partial charge in [-0.2, -0.15) is 0 Å². The van der Waals surface area contributed by atoms with E-state index in [4.69, 9.17) is 5.73 Å². The summed E-state index contributed by atoms with van der Waals surface area (Å²) in [7, 11) is 0. The second kappa shape index (κ2) is 6.37. The molecule has 0 spiro atoms. The zero-order valence-corrected chi connectivity index (χ0v) is 14.9. The van der Waals surface area contributed by atoms with Gasteiger partial charge in [-0.15, -0.1) is 11.3 Å². The third-order valence-corrected chi connectivity index (χ3v) is 5.41. The van der Waals surface area contributed by atoms with Gasteiger partial charge in [-0.25, -0.2) is 0 Å². The first-order valence-corrected chi connectivity index (χ1v) is 9.34. The maximum atomic E-state index is 12.0. The predicted molar refractivity (Wildman–Crippen MR) is 104 cm³/mol. The van der Waals surface area contributed by atoms with Crippen molar-refractivity contribution in [3.8, 4) is 0 Å². The Bertz CT molecular complexity index is 1060. The van der Waals surface area contributed by atoms with Gasteiger partial charge in [-0.3, -0.25) is 4.79 Å². The second-order valence-corrected chi connectivity index (χ2v) is 7.28. The van der Waals surface area contributed by atoms with Gasteiger partial charge in [0, 0.05) is 21.2 Å². The minimum Gasteiger partial charge on any atom is -0.366 e. The van der Waals surface area contributed by atoms with Gasteiger partial charge < -0.3 is 10.3 Å². The van der Waals surface area contributed by atoms with Crippen LogP contribution in [0.25, 0.3) is 21.8 Å². The van der Waals surface area contributed by atoms with Gasteiger partial charge in [0.2, 0.25) is 5.91 Å². The first-order valence-electron chi connectivity index (χ1n) is 8.46. The van der Waals surface area contributed by atoms with E-state index in [9.17, 15) is 4.79 Å². The van der Waals surface area contributed by atoms with Crippen LogP contribution >= 0.6 is 11.3 Å². The van der Waals surface area contributed by atoms with Crippen molar-refractivity contribution in [1.29, 1.82) is 0 Å². The molecule has 0 aliphatic rings. The number of carbonyl (C=O) groups excluding carboxylic acids is 1.